The first-order valence-corrected chi connectivity index (χ1v) is 10.7. The lowest BCUT2D eigenvalue weighted by Crippen LogP contribution is -2.08. The van der Waals surface area contributed by atoms with Crippen LogP contribution in [0.4, 0.5) is 23.8 Å². The van der Waals surface area contributed by atoms with Crippen molar-refractivity contribution >= 4 is 10.2 Å². The molecular weight excluding hydrogens is 410 g/mol. The highest BCUT2D eigenvalue weighted by atomic mass is 32.5. The van der Waals surface area contributed by atoms with Gasteiger partial charge in [-0.2, -0.15) is 0 Å². The first-order chi connectivity index (χ1) is 13.1. The number of hydrogen-bond donors (Lipinski definition) is 0. The number of benzene rings is 3. The maximum absolute atomic E-state index is 14.0. The van der Waals surface area contributed by atoms with Crippen LogP contribution in [0.1, 0.15) is 22.3 Å². The van der Waals surface area contributed by atoms with Gasteiger partial charge in [-0.05, 0) is 78.8 Å². The predicted molar refractivity (Wildman–Crippen MR) is 108 cm³/mol. The summed E-state index contributed by atoms with van der Waals surface area (Å²) in [6.45, 7) is 7.73. The fraction of sp³-hybridized carbons (Fsp3) is 0.182. The summed E-state index contributed by atoms with van der Waals surface area (Å²) in [4.78, 5) is -2.49. The predicted octanol–water partition coefficient (Wildman–Crippen LogP) is 9.05. The van der Waals surface area contributed by atoms with E-state index in [9.17, 15) is 23.8 Å². The van der Waals surface area contributed by atoms with Gasteiger partial charge in [0.15, 0.2) is 0 Å². The second-order valence-electron chi connectivity index (χ2n) is 7.42. The van der Waals surface area contributed by atoms with Crippen molar-refractivity contribution in [1.82, 2.24) is 0 Å². The fourth-order valence-corrected chi connectivity index (χ4v) is 4.51. The highest BCUT2D eigenvalue weighted by Gasteiger charge is 2.67. The Balaban J connectivity index is 2.08. The van der Waals surface area contributed by atoms with E-state index in [1.165, 1.54) is 0 Å². The van der Waals surface area contributed by atoms with Gasteiger partial charge in [-0.1, -0.05) is 61.4 Å². The summed E-state index contributed by atoms with van der Waals surface area (Å²) in [5.41, 5.74) is 6.55. The minimum absolute atomic E-state index is 0.106. The summed E-state index contributed by atoms with van der Waals surface area (Å²) in [5, 5.41) is 0. The van der Waals surface area contributed by atoms with E-state index in [2.05, 4.69) is 12.1 Å². The third-order valence-electron chi connectivity index (χ3n) is 4.85. The van der Waals surface area contributed by atoms with E-state index in [0.717, 1.165) is 33.9 Å². The van der Waals surface area contributed by atoms with Gasteiger partial charge in [0.2, 0.25) is 0 Å². The molecule has 0 aliphatic carbocycles. The van der Waals surface area contributed by atoms with E-state index in [-0.39, 0.29) is 11.6 Å². The first-order valence-electron chi connectivity index (χ1n) is 8.80. The molecule has 0 amide bonds. The van der Waals surface area contributed by atoms with Gasteiger partial charge in [-0.25, -0.2) is 4.39 Å². The second-order valence-corrected chi connectivity index (χ2v) is 9.80. The van der Waals surface area contributed by atoms with Crippen LogP contribution < -0.4 is 0 Å². The summed E-state index contributed by atoms with van der Waals surface area (Å²) in [6.07, 6.45) is 0. The van der Waals surface area contributed by atoms with Gasteiger partial charge in [0.25, 0.3) is 0 Å². The Labute approximate surface area is 165 Å². The number of halogens is 6. The molecule has 0 aliphatic heterocycles. The van der Waals surface area contributed by atoms with Crippen molar-refractivity contribution < 1.29 is 23.8 Å². The Morgan fingerprint density at radius 3 is 1.66 bits per heavy atom. The number of rotatable bonds is 3. The van der Waals surface area contributed by atoms with E-state index >= 15 is 0 Å². The quantitative estimate of drug-likeness (QED) is 0.364. The summed E-state index contributed by atoms with van der Waals surface area (Å²) in [7, 11) is -10.1. The van der Waals surface area contributed by atoms with Gasteiger partial charge in [0, 0.05) is 0 Å². The van der Waals surface area contributed by atoms with E-state index in [1.807, 2.05) is 26.8 Å². The molecule has 0 spiro atoms. The molecule has 0 atom stereocenters. The third kappa shape index (κ3) is 4.29. The number of aryl methyl sites for hydroxylation is 4. The molecule has 0 aromatic heterocycles. The zero-order valence-electron chi connectivity index (χ0n) is 16.3. The van der Waals surface area contributed by atoms with Gasteiger partial charge < -0.3 is 0 Å². The zero-order chi connectivity index (χ0) is 21.8. The Hall–Kier alpha value is -2.41. The minimum atomic E-state index is -10.1. The van der Waals surface area contributed by atoms with Crippen LogP contribution in [0.25, 0.3) is 22.3 Å². The average Bonchev–Trinajstić information content (AvgIpc) is 2.51. The molecule has 0 saturated heterocycles. The van der Waals surface area contributed by atoms with Gasteiger partial charge in [0.05, 0.1) is 0 Å². The highest BCUT2D eigenvalue weighted by molar-refractivity contribution is 8.45. The van der Waals surface area contributed by atoms with E-state index in [1.54, 1.807) is 19.1 Å². The fourth-order valence-electron chi connectivity index (χ4n) is 3.76. The Morgan fingerprint density at radius 2 is 1.17 bits per heavy atom. The summed E-state index contributed by atoms with van der Waals surface area (Å²) in [5.74, 6) is -1.98. The van der Waals surface area contributed by atoms with Gasteiger partial charge in [-0.3, -0.25) is 0 Å². The minimum Gasteiger partial charge on any atom is -0.205 e. The van der Waals surface area contributed by atoms with Crippen molar-refractivity contribution in [2.45, 2.75) is 32.6 Å². The second kappa shape index (κ2) is 6.05. The smallest absolute Gasteiger partial charge is 0.205 e. The highest BCUT2D eigenvalue weighted by Crippen LogP contribution is 3.02. The van der Waals surface area contributed by atoms with Crippen molar-refractivity contribution in [2.24, 2.45) is 0 Å². The van der Waals surface area contributed by atoms with Crippen LogP contribution in [0, 0.1) is 33.5 Å². The molecule has 0 aliphatic rings. The molecule has 0 radical (unpaired) electrons. The molecule has 0 nitrogen and oxygen atoms in total. The van der Waals surface area contributed by atoms with E-state index in [0.29, 0.717) is 17.2 Å². The molecule has 7 heteroatoms. The van der Waals surface area contributed by atoms with Crippen LogP contribution in [0.3, 0.4) is 0 Å². The molecule has 3 aromatic rings. The van der Waals surface area contributed by atoms with Crippen LogP contribution in [-0.2, 0) is 0 Å². The molecule has 0 unspecified atom stereocenters. The van der Waals surface area contributed by atoms with Crippen molar-refractivity contribution in [3.05, 3.63) is 76.6 Å². The average molecular weight is 430 g/mol. The normalized spacial score (nSPS) is 14.4. The van der Waals surface area contributed by atoms with Gasteiger partial charge >= 0.3 is 10.2 Å². The maximum Gasteiger partial charge on any atom is 0.313 e. The lowest BCUT2D eigenvalue weighted by atomic mass is 9.90. The lowest BCUT2D eigenvalue weighted by molar-refractivity contribution is 0.355. The maximum atomic E-state index is 14.0. The van der Waals surface area contributed by atoms with Crippen molar-refractivity contribution in [3.63, 3.8) is 0 Å². The van der Waals surface area contributed by atoms with Crippen LogP contribution in [-0.4, -0.2) is 0 Å². The van der Waals surface area contributed by atoms with Crippen molar-refractivity contribution in [3.8, 4) is 22.3 Å². The molecule has 0 heterocycles. The number of hydrogen-bond acceptors (Lipinski definition) is 0. The molecule has 3 rings (SSSR count). The Kier molecular flexibility index (Phi) is 4.44. The summed E-state index contributed by atoms with van der Waals surface area (Å²) in [6, 6.07) is 10.9. The molecule has 0 N–H and O–H groups in total. The van der Waals surface area contributed by atoms with E-state index in [4.69, 9.17) is 0 Å². The third-order valence-corrected chi connectivity index (χ3v) is 6.01. The molecule has 3 aromatic carbocycles. The molecule has 0 saturated carbocycles. The van der Waals surface area contributed by atoms with E-state index < -0.39 is 20.9 Å². The molecular formula is C22H20F6S. The Morgan fingerprint density at radius 1 is 0.621 bits per heavy atom. The topological polar surface area (TPSA) is 0 Å². The van der Waals surface area contributed by atoms with Crippen molar-refractivity contribution in [2.75, 3.05) is 0 Å². The van der Waals surface area contributed by atoms with Gasteiger partial charge in [-0.15, -0.1) is 0 Å². The van der Waals surface area contributed by atoms with Gasteiger partial charge in [0.1, 0.15) is 10.7 Å². The van der Waals surface area contributed by atoms with Crippen molar-refractivity contribution in [1.29, 1.82) is 0 Å². The largest absolute Gasteiger partial charge is 0.313 e. The van der Waals surface area contributed by atoms with Crippen LogP contribution in [0.15, 0.2) is 53.4 Å². The SMILES string of the molecule is Cc1cc(C)c(-c2ccc(-c3ccc(S(F)(F)(F)(F)F)c(F)c3)c(C)c2)c(C)c1. The zero-order valence-corrected chi connectivity index (χ0v) is 17.1. The molecule has 29 heavy (non-hydrogen) atoms. The monoisotopic (exact) mass is 430 g/mol. The van der Waals surface area contributed by atoms with Crippen LogP contribution in [0.2, 0.25) is 0 Å². The molecule has 0 fully saturated rings. The van der Waals surface area contributed by atoms with Crippen LogP contribution in [0.5, 0.6) is 0 Å². The first kappa shape index (κ1) is 21.3. The molecule has 0 bridgehead atoms. The standard InChI is InChI=1S/C22H20F6S/c1-13-9-15(3)22(16(4)10-13)18-5-7-19(14(2)11-18)17-6-8-21(20(23)12-17)29(24,25,26,27)28/h5-12H,1-4H3. The lowest BCUT2D eigenvalue weighted by Gasteiger charge is -2.40. The van der Waals surface area contributed by atoms with Crippen LogP contribution >= 0.6 is 10.2 Å². The molecule has 156 valence electrons. The summed E-state index contributed by atoms with van der Waals surface area (Å²) >= 11 is 0. The Bertz CT molecular complexity index is 1110. The summed E-state index contributed by atoms with van der Waals surface area (Å²) < 4.78 is 78.6.